The van der Waals surface area contributed by atoms with Gasteiger partial charge in [0.1, 0.15) is 6.61 Å². The van der Waals surface area contributed by atoms with Gasteiger partial charge in [-0.3, -0.25) is 4.79 Å². The average Bonchev–Trinajstić information content (AvgIpc) is 2.17. The topological polar surface area (TPSA) is 37.3 Å². The third kappa shape index (κ3) is 2.09. The molecule has 1 N–H and O–H groups in total. The third-order valence-corrected chi connectivity index (χ3v) is 2.26. The van der Waals surface area contributed by atoms with E-state index in [-0.39, 0.29) is 5.78 Å². The molecule has 0 radical (unpaired) electrons. The van der Waals surface area contributed by atoms with Gasteiger partial charge in [-0.05, 0) is 18.4 Å². The molecule has 0 bridgehead atoms. The van der Waals surface area contributed by atoms with Crippen molar-refractivity contribution < 1.29 is 9.90 Å². The minimum atomic E-state index is -0.419. The van der Waals surface area contributed by atoms with Crippen LogP contribution in [-0.2, 0) is 0 Å². The standard InChI is InChI=1S/C9H10O2S/c1-12-8-4-2-3-7(5-8)9(11)6-10/h2-5,10H,6H2,1H3. The predicted octanol–water partition coefficient (Wildman–Crippen LogP) is 1.58. The number of benzene rings is 1. The molecule has 0 aliphatic rings. The lowest BCUT2D eigenvalue weighted by Gasteiger charge is -1.99. The Kier molecular flexibility index (Phi) is 3.31. The molecule has 0 heterocycles. The van der Waals surface area contributed by atoms with Crippen LogP contribution in [0, 0.1) is 0 Å². The molecular weight excluding hydrogens is 172 g/mol. The van der Waals surface area contributed by atoms with E-state index in [1.165, 1.54) is 0 Å². The molecule has 2 nitrogen and oxygen atoms in total. The summed E-state index contributed by atoms with van der Waals surface area (Å²) in [6.45, 7) is -0.419. The highest BCUT2D eigenvalue weighted by atomic mass is 32.2. The lowest BCUT2D eigenvalue weighted by Crippen LogP contribution is -2.03. The van der Waals surface area contributed by atoms with Crippen molar-refractivity contribution in [3.05, 3.63) is 29.8 Å². The highest BCUT2D eigenvalue weighted by Crippen LogP contribution is 2.15. The molecule has 1 aromatic carbocycles. The summed E-state index contributed by atoms with van der Waals surface area (Å²) in [7, 11) is 0. The number of aliphatic hydroxyl groups excluding tert-OH is 1. The van der Waals surface area contributed by atoms with Gasteiger partial charge in [-0.25, -0.2) is 0 Å². The highest BCUT2D eigenvalue weighted by Gasteiger charge is 2.03. The molecule has 0 aliphatic carbocycles. The van der Waals surface area contributed by atoms with Gasteiger partial charge in [0.2, 0.25) is 0 Å². The maximum Gasteiger partial charge on any atom is 0.188 e. The number of rotatable bonds is 3. The smallest absolute Gasteiger partial charge is 0.188 e. The number of hydrogen-bond donors (Lipinski definition) is 1. The normalized spacial score (nSPS) is 9.83. The van der Waals surface area contributed by atoms with Crippen LogP contribution in [0.25, 0.3) is 0 Å². The van der Waals surface area contributed by atoms with E-state index in [9.17, 15) is 4.79 Å². The largest absolute Gasteiger partial charge is 0.388 e. The van der Waals surface area contributed by atoms with Crippen LogP contribution in [0.5, 0.6) is 0 Å². The fraction of sp³-hybridized carbons (Fsp3) is 0.222. The summed E-state index contributed by atoms with van der Waals surface area (Å²) in [4.78, 5) is 12.1. The lowest BCUT2D eigenvalue weighted by molar-refractivity contribution is 0.0903. The van der Waals surface area contributed by atoms with Crippen molar-refractivity contribution in [2.24, 2.45) is 0 Å². The molecule has 0 spiro atoms. The van der Waals surface area contributed by atoms with Crippen molar-refractivity contribution in [2.75, 3.05) is 12.9 Å². The quantitative estimate of drug-likeness (QED) is 0.569. The summed E-state index contributed by atoms with van der Waals surface area (Å²) in [6.07, 6.45) is 1.95. The highest BCUT2D eigenvalue weighted by molar-refractivity contribution is 7.98. The summed E-state index contributed by atoms with van der Waals surface area (Å²) in [5.41, 5.74) is 0.573. The molecule has 0 fully saturated rings. The van der Waals surface area contributed by atoms with Gasteiger partial charge in [0.15, 0.2) is 5.78 Å². The minimum Gasteiger partial charge on any atom is -0.388 e. The second-order valence-electron chi connectivity index (χ2n) is 2.31. The Labute approximate surface area is 75.6 Å². The van der Waals surface area contributed by atoms with E-state index in [4.69, 9.17) is 5.11 Å². The molecule has 0 atom stereocenters. The van der Waals surface area contributed by atoms with Crippen LogP contribution in [0.15, 0.2) is 29.2 Å². The molecule has 0 aromatic heterocycles. The summed E-state index contributed by atoms with van der Waals surface area (Å²) in [5.74, 6) is -0.231. The van der Waals surface area contributed by atoms with E-state index in [1.54, 1.807) is 23.9 Å². The molecule has 0 aliphatic heterocycles. The minimum absolute atomic E-state index is 0.231. The van der Waals surface area contributed by atoms with Gasteiger partial charge in [0.25, 0.3) is 0 Å². The Morgan fingerprint density at radius 1 is 1.58 bits per heavy atom. The molecule has 12 heavy (non-hydrogen) atoms. The van der Waals surface area contributed by atoms with Crippen LogP contribution in [0.4, 0.5) is 0 Å². The van der Waals surface area contributed by atoms with Crippen LogP contribution in [0.1, 0.15) is 10.4 Å². The van der Waals surface area contributed by atoms with E-state index >= 15 is 0 Å². The van der Waals surface area contributed by atoms with Crippen molar-refractivity contribution in [1.82, 2.24) is 0 Å². The maximum atomic E-state index is 11.0. The van der Waals surface area contributed by atoms with E-state index in [0.29, 0.717) is 5.56 Å². The fourth-order valence-electron chi connectivity index (χ4n) is 0.888. The molecular formula is C9H10O2S. The molecule has 1 aromatic rings. The first-order valence-electron chi connectivity index (χ1n) is 3.56. The van der Waals surface area contributed by atoms with E-state index in [0.717, 1.165) is 4.90 Å². The zero-order chi connectivity index (χ0) is 8.97. The Morgan fingerprint density at radius 2 is 2.33 bits per heavy atom. The molecule has 3 heteroatoms. The number of ketones is 1. The number of carbonyl (C=O) groups is 1. The molecule has 0 saturated heterocycles. The summed E-state index contributed by atoms with van der Waals surface area (Å²) in [5, 5.41) is 8.60. The molecule has 0 saturated carbocycles. The first-order chi connectivity index (χ1) is 5.77. The summed E-state index contributed by atoms with van der Waals surface area (Å²) in [6, 6.07) is 7.23. The second kappa shape index (κ2) is 4.28. The van der Waals surface area contributed by atoms with Crippen molar-refractivity contribution >= 4 is 17.5 Å². The van der Waals surface area contributed by atoms with Gasteiger partial charge in [-0.2, -0.15) is 0 Å². The number of hydrogen-bond acceptors (Lipinski definition) is 3. The van der Waals surface area contributed by atoms with E-state index < -0.39 is 6.61 Å². The van der Waals surface area contributed by atoms with Gasteiger partial charge >= 0.3 is 0 Å². The SMILES string of the molecule is CSc1cccc(C(=O)CO)c1. The zero-order valence-corrected chi connectivity index (χ0v) is 7.60. The third-order valence-electron chi connectivity index (χ3n) is 1.54. The van der Waals surface area contributed by atoms with Crippen LogP contribution >= 0.6 is 11.8 Å². The molecule has 0 unspecified atom stereocenters. The first kappa shape index (κ1) is 9.29. The van der Waals surface area contributed by atoms with E-state index in [1.807, 2.05) is 18.4 Å². The number of Topliss-reactive ketones (excluding diaryl/α,β-unsaturated/α-hetero) is 1. The van der Waals surface area contributed by atoms with Crippen LogP contribution in [0.3, 0.4) is 0 Å². The number of thioether (sulfide) groups is 1. The monoisotopic (exact) mass is 182 g/mol. The van der Waals surface area contributed by atoms with Gasteiger partial charge in [0.05, 0.1) is 0 Å². The molecule has 1 rings (SSSR count). The fourth-order valence-corrected chi connectivity index (χ4v) is 1.35. The zero-order valence-electron chi connectivity index (χ0n) is 6.78. The molecule has 64 valence electrons. The Balaban J connectivity index is 2.93. The first-order valence-corrected chi connectivity index (χ1v) is 4.78. The van der Waals surface area contributed by atoms with Crippen molar-refractivity contribution in [3.8, 4) is 0 Å². The Morgan fingerprint density at radius 3 is 2.92 bits per heavy atom. The summed E-state index contributed by atoms with van der Waals surface area (Å²) >= 11 is 1.58. The van der Waals surface area contributed by atoms with Gasteiger partial charge in [-0.1, -0.05) is 12.1 Å². The number of carbonyl (C=O) groups excluding carboxylic acids is 1. The maximum absolute atomic E-state index is 11.0. The summed E-state index contributed by atoms with van der Waals surface area (Å²) < 4.78 is 0. The van der Waals surface area contributed by atoms with Crippen molar-refractivity contribution in [2.45, 2.75) is 4.90 Å². The van der Waals surface area contributed by atoms with Crippen LogP contribution < -0.4 is 0 Å². The van der Waals surface area contributed by atoms with Crippen molar-refractivity contribution in [3.63, 3.8) is 0 Å². The van der Waals surface area contributed by atoms with Gasteiger partial charge in [-0.15, -0.1) is 11.8 Å². The predicted molar refractivity (Wildman–Crippen MR) is 49.6 cm³/mol. The van der Waals surface area contributed by atoms with Crippen LogP contribution in [0.2, 0.25) is 0 Å². The Bertz CT molecular complexity index is 284. The Hall–Kier alpha value is -0.800. The average molecular weight is 182 g/mol. The second-order valence-corrected chi connectivity index (χ2v) is 3.19. The molecule has 0 amide bonds. The van der Waals surface area contributed by atoms with E-state index in [2.05, 4.69) is 0 Å². The van der Waals surface area contributed by atoms with Crippen LogP contribution in [-0.4, -0.2) is 23.8 Å². The van der Waals surface area contributed by atoms with Gasteiger partial charge in [0, 0.05) is 10.5 Å². The van der Waals surface area contributed by atoms with Gasteiger partial charge < -0.3 is 5.11 Å². The van der Waals surface area contributed by atoms with Crippen molar-refractivity contribution in [1.29, 1.82) is 0 Å². The number of aliphatic hydroxyl groups is 1. The lowest BCUT2D eigenvalue weighted by atomic mass is 10.1.